The second kappa shape index (κ2) is 8.37. The van der Waals surface area contributed by atoms with Crippen LogP contribution in [0, 0.1) is 0 Å². The first-order chi connectivity index (χ1) is 18.8. The smallest absolute Gasteiger partial charge is 0.153 e. The Labute approximate surface area is 222 Å². The molecule has 8 rings (SSSR count). The van der Waals surface area contributed by atoms with Crippen LogP contribution in [0.2, 0.25) is 0 Å². The van der Waals surface area contributed by atoms with Crippen LogP contribution >= 0.6 is 11.3 Å². The third kappa shape index (κ3) is 3.28. The molecule has 0 N–H and O–H groups in total. The van der Waals surface area contributed by atoms with Crippen molar-refractivity contribution in [3.05, 3.63) is 122 Å². The van der Waals surface area contributed by atoms with Crippen molar-refractivity contribution in [2.45, 2.75) is 0 Å². The molecule has 178 valence electrons. The Hall–Kier alpha value is -4.80. The van der Waals surface area contributed by atoms with Gasteiger partial charge in [0.2, 0.25) is 0 Å². The van der Waals surface area contributed by atoms with Crippen molar-refractivity contribution in [3.8, 4) is 33.4 Å². The van der Waals surface area contributed by atoms with Gasteiger partial charge in [-0.1, -0.05) is 72.8 Å². The molecule has 0 bridgehead atoms. The number of pyridine rings is 2. The van der Waals surface area contributed by atoms with E-state index >= 15 is 0 Å². The van der Waals surface area contributed by atoms with E-state index in [9.17, 15) is 0 Å². The highest BCUT2D eigenvalue weighted by Crippen LogP contribution is 2.44. The maximum Gasteiger partial charge on any atom is 0.153 e. The van der Waals surface area contributed by atoms with Gasteiger partial charge in [0.05, 0.1) is 6.20 Å². The Balaban J connectivity index is 1.28. The van der Waals surface area contributed by atoms with E-state index in [4.69, 9.17) is 4.42 Å². The van der Waals surface area contributed by atoms with Crippen LogP contribution in [0.25, 0.3) is 75.5 Å². The number of furan rings is 1. The van der Waals surface area contributed by atoms with Crippen LogP contribution < -0.4 is 0 Å². The summed E-state index contributed by atoms with van der Waals surface area (Å²) >= 11 is 1.86. The molecule has 0 fully saturated rings. The zero-order chi connectivity index (χ0) is 25.1. The van der Waals surface area contributed by atoms with Crippen LogP contribution in [0.5, 0.6) is 0 Å². The minimum absolute atomic E-state index is 0.818. The van der Waals surface area contributed by atoms with Crippen LogP contribution in [0.3, 0.4) is 0 Å². The minimum atomic E-state index is 0.818. The van der Waals surface area contributed by atoms with Gasteiger partial charge in [0.15, 0.2) is 5.58 Å². The summed E-state index contributed by atoms with van der Waals surface area (Å²) in [6, 6.07) is 34.6. The third-order valence-electron chi connectivity index (χ3n) is 7.30. The molecular formula is C34H20N2OS. The largest absolute Gasteiger partial charge is 0.454 e. The molecule has 3 nitrogen and oxygen atoms in total. The number of thiophene rings is 1. The second-order valence-corrected chi connectivity index (χ2v) is 10.5. The first-order valence-electron chi connectivity index (χ1n) is 12.6. The molecule has 0 atom stereocenters. The van der Waals surface area contributed by atoms with Gasteiger partial charge in [-0.25, -0.2) is 0 Å². The number of aromatic nitrogens is 2. The van der Waals surface area contributed by atoms with Crippen molar-refractivity contribution < 1.29 is 4.42 Å². The summed E-state index contributed by atoms with van der Waals surface area (Å²) in [7, 11) is 0. The fraction of sp³-hybridized carbons (Fsp3) is 0. The van der Waals surface area contributed by atoms with Crippen LogP contribution in [0.1, 0.15) is 0 Å². The molecule has 0 amide bonds. The first-order valence-corrected chi connectivity index (χ1v) is 13.4. The Morgan fingerprint density at radius 1 is 0.474 bits per heavy atom. The standard InChI is InChI=1S/C34H20N2OS/c1-5-25(22-11-9-21(10-12-22)24-4-3-16-35-19-24)33-29(7-1)30-8-2-6-26(34(30)38-33)23-13-14-27-28-15-17-36-20-32(28)37-31(27)18-23/h1-20H. The predicted molar refractivity (Wildman–Crippen MR) is 159 cm³/mol. The highest BCUT2D eigenvalue weighted by atomic mass is 32.1. The molecular weight excluding hydrogens is 484 g/mol. The van der Waals surface area contributed by atoms with Crippen LogP contribution in [0.15, 0.2) is 126 Å². The van der Waals surface area contributed by atoms with Gasteiger partial charge in [0.25, 0.3) is 0 Å². The number of benzene rings is 4. The number of nitrogens with zero attached hydrogens (tertiary/aromatic N) is 2. The monoisotopic (exact) mass is 504 g/mol. The highest BCUT2D eigenvalue weighted by molar-refractivity contribution is 7.26. The van der Waals surface area contributed by atoms with E-state index in [2.05, 4.69) is 94.9 Å². The summed E-state index contributed by atoms with van der Waals surface area (Å²) in [5.74, 6) is 0. The van der Waals surface area contributed by atoms with Crippen molar-refractivity contribution in [2.75, 3.05) is 0 Å². The maximum absolute atomic E-state index is 6.14. The summed E-state index contributed by atoms with van der Waals surface area (Å²) in [5.41, 5.74) is 8.86. The van der Waals surface area contributed by atoms with E-state index in [1.165, 1.54) is 42.4 Å². The van der Waals surface area contributed by atoms with Gasteiger partial charge < -0.3 is 4.42 Å². The van der Waals surface area contributed by atoms with Gasteiger partial charge in [0.1, 0.15) is 5.58 Å². The lowest BCUT2D eigenvalue weighted by atomic mass is 9.98. The number of fused-ring (bicyclic) bond motifs is 6. The predicted octanol–water partition coefficient (Wildman–Crippen LogP) is 9.74. The lowest BCUT2D eigenvalue weighted by Gasteiger charge is -2.06. The summed E-state index contributed by atoms with van der Waals surface area (Å²) in [5, 5.41) is 4.79. The molecule has 0 radical (unpaired) electrons. The Bertz CT molecular complexity index is 2120. The molecule has 0 saturated carbocycles. The van der Waals surface area contributed by atoms with Gasteiger partial charge in [-0.05, 0) is 57.6 Å². The fourth-order valence-corrected chi connectivity index (χ4v) is 6.82. The molecule has 8 aromatic rings. The summed E-state index contributed by atoms with van der Waals surface area (Å²) < 4.78 is 8.74. The van der Waals surface area contributed by atoms with E-state index in [1.807, 2.05) is 35.9 Å². The first kappa shape index (κ1) is 21.3. The maximum atomic E-state index is 6.14. The summed E-state index contributed by atoms with van der Waals surface area (Å²) in [6.45, 7) is 0. The summed E-state index contributed by atoms with van der Waals surface area (Å²) in [6.07, 6.45) is 7.31. The molecule has 0 aliphatic heterocycles. The van der Waals surface area contributed by atoms with Crippen molar-refractivity contribution in [2.24, 2.45) is 0 Å². The molecule has 4 heterocycles. The van der Waals surface area contributed by atoms with Gasteiger partial charge in [-0.15, -0.1) is 11.3 Å². The van der Waals surface area contributed by atoms with Gasteiger partial charge in [-0.3, -0.25) is 9.97 Å². The lowest BCUT2D eigenvalue weighted by Crippen LogP contribution is -1.81. The van der Waals surface area contributed by atoms with Gasteiger partial charge in [0, 0.05) is 49.5 Å². The average Bonchev–Trinajstić information content (AvgIpc) is 3.56. The summed E-state index contributed by atoms with van der Waals surface area (Å²) in [4.78, 5) is 8.47. The highest BCUT2D eigenvalue weighted by Gasteiger charge is 2.15. The normalized spacial score (nSPS) is 11.7. The molecule has 0 spiro atoms. The van der Waals surface area contributed by atoms with Crippen molar-refractivity contribution in [1.29, 1.82) is 0 Å². The van der Waals surface area contributed by atoms with Crippen molar-refractivity contribution >= 4 is 53.4 Å². The number of rotatable bonds is 3. The topological polar surface area (TPSA) is 38.9 Å². The molecule has 0 aliphatic carbocycles. The molecule has 0 saturated heterocycles. The zero-order valence-electron chi connectivity index (χ0n) is 20.3. The third-order valence-corrected chi connectivity index (χ3v) is 8.59. The quantitative estimate of drug-likeness (QED) is 0.240. The van der Waals surface area contributed by atoms with Gasteiger partial charge in [-0.2, -0.15) is 0 Å². The Kier molecular flexibility index (Phi) is 4.69. The fourth-order valence-electron chi connectivity index (χ4n) is 5.45. The molecule has 4 heteroatoms. The van der Waals surface area contributed by atoms with Gasteiger partial charge >= 0.3 is 0 Å². The van der Waals surface area contributed by atoms with Crippen LogP contribution in [-0.2, 0) is 0 Å². The number of hydrogen-bond donors (Lipinski definition) is 0. The Morgan fingerprint density at radius 2 is 1.16 bits per heavy atom. The van der Waals surface area contributed by atoms with E-state index in [0.717, 1.165) is 33.1 Å². The molecule has 38 heavy (non-hydrogen) atoms. The van der Waals surface area contributed by atoms with Crippen molar-refractivity contribution in [1.82, 2.24) is 9.97 Å². The molecule has 4 aromatic carbocycles. The SMILES string of the molecule is c1cncc(-c2ccc(-c3cccc4c3sc3c(-c5ccc6c(c5)oc5cnccc56)cccc34)cc2)c1. The molecule has 4 aromatic heterocycles. The molecule has 0 aliphatic rings. The Morgan fingerprint density at radius 3 is 1.92 bits per heavy atom. The minimum Gasteiger partial charge on any atom is -0.454 e. The second-order valence-electron chi connectivity index (χ2n) is 9.47. The van der Waals surface area contributed by atoms with E-state index < -0.39 is 0 Å². The lowest BCUT2D eigenvalue weighted by molar-refractivity contribution is 0.667. The molecule has 0 unspecified atom stereocenters. The van der Waals surface area contributed by atoms with Crippen LogP contribution in [0.4, 0.5) is 0 Å². The van der Waals surface area contributed by atoms with E-state index in [-0.39, 0.29) is 0 Å². The van der Waals surface area contributed by atoms with E-state index in [0.29, 0.717) is 0 Å². The van der Waals surface area contributed by atoms with E-state index in [1.54, 1.807) is 12.4 Å². The zero-order valence-corrected chi connectivity index (χ0v) is 21.1. The number of hydrogen-bond acceptors (Lipinski definition) is 4. The average molecular weight is 505 g/mol. The van der Waals surface area contributed by atoms with Crippen molar-refractivity contribution in [3.63, 3.8) is 0 Å². The van der Waals surface area contributed by atoms with Crippen LogP contribution in [-0.4, -0.2) is 9.97 Å².